The number of hydrogen-bond donors (Lipinski definition) is 2. The van der Waals surface area contributed by atoms with Gasteiger partial charge in [0, 0.05) is 57.1 Å². The monoisotopic (exact) mass is 366 g/mol. The summed E-state index contributed by atoms with van der Waals surface area (Å²) in [5, 5.41) is 6.30. The van der Waals surface area contributed by atoms with Crippen molar-refractivity contribution in [2.24, 2.45) is 0 Å². The lowest BCUT2D eigenvalue weighted by Gasteiger charge is -2.08. The van der Waals surface area contributed by atoms with Gasteiger partial charge in [-0.25, -0.2) is 0 Å². The molecule has 0 aliphatic rings. The minimum absolute atomic E-state index is 0.0250. The Balaban J connectivity index is 2.02. The summed E-state index contributed by atoms with van der Waals surface area (Å²) in [7, 11) is 0. The third-order valence-electron chi connectivity index (χ3n) is 3.79. The average molecular weight is 367 g/mol. The summed E-state index contributed by atoms with van der Waals surface area (Å²) in [5.74, 6) is 0.662. The fourth-order valence-corrected chi connectivity index (χ4v) is 3.24. The SMILES string of the molecule is O=C(CCn1c2ccc(Cl)cc2c2cc(Cl)ccc21)NCCS. The van der Waals surface area contributed by atoms with Gasteiger partial charge in [-0.3, -0.25) is 4.79 Å². The van der Waals surface area contributed by atoms with E-state index in [2.05, 4.69) is 22.5 Å². The van der Waals surface area contributed by atoms with Crippen LogP contribution in [0.3, 0.4) is 0 Å². The molecule has 0 fully saturated rings. The summed E-state index contributed by atoms with van der Waals surface area (Å²) in [5.41, 5.74) is 2.10. The fourth-order valence-electron chi connectivity index (χ4n) is 2.79. The highest BCUT2D eigenvalue weighted by Gasteiger charge is 2.12. The molecule has 0 saturated carbocycles. The normalized spacial score (nSPS) is 11.3. The lowest BCUT2D eigenvalue weighted by atomic mass is 10.1. The highest BCUT2D eigenvalue weighted by molar-refractivity contribution is 7.80. The van der Waals surface area contributed by atoms with E-state index in [9.17, 15) is 4.79 Å². The van der Waals surface area contributed by atoms with Crippen LogP contribution in [0.15, 0.2) is 36.4 Å². The summed E-state index contributed by atoms with van der Waals surface area (Å²) >= 11 is 16.4. The zero-order valence-electron chi connectivity index (χ0n) is 12.4. The maximum Gasteiger partial charge on any atom is 0.221 e. The molecule has 0 spiro atoms. The minimum Gasteiger partial charge on any atom is -0.355 e. The predicted octanol–water partition coefficient (Wildman–Crippen LogP) is 4.54. The van der Waals surface area contributed by atoms with Gasteiger partial charge in [-0.2, -0.15) is 12.6 Å². The van der Waals surface area contributed by atoms with Crippen molar-refractivity contribution in [1.82, 2.24) is 9.88 Å². The number of fused-ring (bicyclic) bond motifs is 3. The molecule has 1 N–H and O–H groups in total. The number of thiol groups is 1. The molecule has 6 heteroatoms. The molecule has 120 valence electrons. The first-order valence-corrected chi connectivity index (χ1v) is 8.73. The molecule has 3 rings (SSSR count). The van der Waals surface area contributed by atoms with Crippen LogP contribution in [-0.2, 0) is 11.3 Å². The quantitative estimate of drug-likeness (QED) is 0.638. The number of aromatic nitrogens is 1. The number of aryl methyl sites for hydroxylation is 1. The lowest BCUT2D eigenvalue weighted by molar-refractivity contribution is -0.121. The van der Waals surface area contributed by atoms with Crippen molar-refractivity contribution in [1.29, 1.82) is 0 Å². The van der Waals surface area contributed by atoms with E-state index in [1.807, 2.05) is 36.4 Å². The molecule has 0 bridgehead atoms. The maximum absolute atomic E-state index is 11.9. The van der Waals surface area contributed by atoms with Gasteiger partial charge in [-0.05, 0) is 36.4 Å². The van der Waals surface area contributed by atoms with Crippen molar-refractivity contribution in [3.05, 3.63) is 46.4 Å². The van der Waals surface area contributed by atoms with Crippen molar-refractivity contribution in [3.8, 4) is 0 Å². The first-order chi connectivity index (χ1) is 11.1. The summed E-state index contributed by atoms with van der Waals surface area (Å²) in [6.45, 7) is 1.18. The van der Waals surface area contributed by atoms with Gasteiger partial charge in [-0.1, -0.05) is 23.2 Å². The predicted molar refractivity (Wildman–Crippen MR) is 101 cm³/mol. The van der Waals surface area contributed by atoms with Crippen molar-refractivity contribution >= 4 is 63.5 Å². The number of benzene rings is 2. The van der Waals surface area contributed by atoms with Crippen LogP contribution >= 0.6 is 35.8 Å². The van der Waals surface area contributed by atoms with Crippen molar-refractivity contribution in [2.75, 3.05) is 12.3 Å². The van der Waals surface area contributed by atoms with Crippen LogP contribution in [0, 0.1) is 0 Å². The standard InChI is InChI=1S/C17H16Cl2N2OS/c18-11-1-3-15-13(9-11)14-10-12(19)2-4-16(14)21(15)7-5-17(22)20-6-8-23/h1-4,9-10,23H,5-8H2,(H,20,22). The summed E-state index contributed by atoms with van der Waals surface area (Å²) < 4.78 is 2.14. The Hall–Kier alpha value is -1.36. The largest absolute Gasteiger partial charge is 0.355 e. The van der Waals surface area contributed by atoms with Crippen molar-refractivity contribution in [3.63, 3.8) is 0 Å². The number of amides is 1. The zero-order valence-corrected chi connectivity index (χ0v) is 14.8. The van der Waals surface area contributed by atoms with E-state index in [-0.39, 0.29) is 5.91 Å². The van der Waals surface area contributed by atoms with Gasteiger partial charge >= 0.3 is 0 Å². The van der Waals surface area contributed by atoms with Gasteiger partial charge in [0.2, 0.25) is 5.91 Å². The van der Waals surface area contributed by atoms with Gasteiger partial charge in [0.25, 0.3) is 0 Å². The van der Waals surface area contributed by atoms with E-state index in [0.717, 1.165) is 21.8 Å². The van der Waals surface area contributed by atoms with Crippen LogP contribution in [0.4, 0.5) is 0 Å². The van der Waals surface area contributed by atoms with Gasteiger partial charge < -0.3 is 9.88 Å². The molecule has 2 aromatic carbocycles. The average Bonchev–Trinajstić information content (AvgIpc) is 2.83. The molecule has 1 heterocycles. The van der Waals surface area contributed by atoms with E-state index in [0.29, 0.717) is 35.3 Å². The first-order valence-electron chi connectivity index (χ1n) is 7.34. The molecule has 0 saturated heterocycles. The Morgan fingerprint density at radius 3 is 2.13 bits per heavy atom. The molecule has 0 radical (unpaired) electrons. The van der Waals surface area contributed by atoms with E-state index in [1.165, 1.54) is 0 Å². The second-order valence-corrected chi connectivity index (χ2v) is 6.62. The zero-order chi connectivity index (χ0) is 16.4. The molecular formula is C17H16Cl2N2OS. The Kier molecular flexibility index (Phi) is 5.05. The number of rotatable bonds is 5. The van der Waals surface area contributed by atoms with Gasteiger partial charge in [0.05, 0.1) is 0 Å². The van der Waals surface area contributed by atoms with Crippen molar-refractivity contribution < 1.29 is 4.79 Å². The van der Waals surface area contributed by atoms with Crippen LogP contribution in [0.25, 0.3) is 21.8 Å². The highest BCUT2D eigenvalue weighted by atomic mass is 35.5. The molecule has 1 aromatic heterocycles. The molecule has 0 unspecified atom stereocenters. The Bertz CT molecular complexity index is 817. The van der Waals surface area contributed by atoms with E-state index >= 15 is 0 Å². The van der Waals surface area contributed by atoms with Crippen LogP contribution in [0.1, 0.15) is 6.42 Å². The lowest BCUT2D eigenvalue weighted by Crippen LogP contribution is -2.26. The topological polar surface area (TPSA) is 34.0 Å². The van der Waals surface area contributed by atoms with E-state index < -0.39 is 0 Å². The number of nitrogens with one attached hydrogen (secondary N) is 1. The Labute approximate surface area is 150 Å². The highest BCUT2D eigenvalue weighted by Crippen LogP contribution is 2.32. The van der Waals surface area contributed by atoms with Crippen molar-refractivity contribution in [2.45, 2.75) is 13.0 Å². The molecule has 3 aromatic rings. The summed E-state index contributed by atoms with van der Waals surface area (Å²) in [4.78, 5) is 11.9. The minimum atomic E-state index is 0.0250. The number of halogens is 2. The second kappa shape index (κ2) is 7.04. The molecule has 3 nitrogen and oxygen atoms in total. The second-order valence-electron chi connectivity index (χ2n) is 5.30. The molecular weight excluding hydrogens is 351 g/mol. The van der Waals surface area contributed by atoms with Gasteiger partial charge in [0.1, 0.15) is 0 Å². The summed E-state index contributed by atoms with van der Waals surface area (Å²) in [6, 6.07) is 11.6. The molecule has 23 heavy (non-hydrogen) atoms. The van der Waals surface area contributed by atoms with Crippen LogP contribution in [0.5, 0.6) is 0 Å². The van der Waals surface area contributed by atoms with Crippen LogP contribution < -0.4 is 5.32 Å². The van der Waals surface area contributed by atoms with Gasteiger partial charge in [0.15, 0.2) is 0 Å². The number of carbonyl (C=O) groups is 1. The third-order valence-corrected chi connectivity index (χ3v) is 4.48. The molecule has 0 aliphatic carbocycles. The Morgan fingerprint density at radius 2 is 1.61 bits per heavy atom. The maximum atomic E-state index is 11.9. The molecule has 0 atom stereocenters. The number of carbonyl (C=O) groups excluding carboxylic acids is 1. The fraction of sp³-hybridized carbons (Fsp3) is 0.235. The van der Waals surface area contributed by atoms with E-state index in [4.69, 9.17) is 23.2 Å². The number of hydrogen-bond acceptors (Lipinski definition) is 2. The molecule has 0 aliphatic heterocycles. The first kappa shape index (κ1) is 16.5. The van der Waals surface area contributed by atoms with Crippen LogP contribution in [-0.4, -0.2) is 22.8 Å². The smallest absolute Gasteiger partial charge is 0.221 e. The summed E-state index contributed by atoms with van der Waals surface area (Å²) in [6.07, 6.45) is 0.415. The van der Waals surface area contributed by atoms with Gasteiger partial charge in [-0.15, -0.1) is 0 Å². The molecule has 1 amide bonds. The number of nitrogens with zero attached hydrogens (tertiary/aromatic N) is 1. The van der Waals surface area contributed by atoms with Crippen LogP contribution in [0.2, 0.25) is 10.0 Å². The third kappa shape index (κ3) is 3.44. The van der Waals surface area contributed by atoms with E-state index in [1.54, 1.807) is 0 Å². The Morgan fingerprint density at radius 1 is 1.04 bits per heavy atom.